The largest absolute Gasteiger partial charge is 0.382 e. The van der Waals surface area contributed by atoms with Crippen LogP contribution in [0.2, 0.25) is 0 Å². The third-order valence-electron chi connectivity index (χ3n) is 3.41. The number of hydrogen-bond acceptors (Lipinski definition) is 5. The molecule has 1 heterocycles. The molecule has 5 heteroatoms. The van der Waals surface area contributed by atoms with Gasteiger partial charge in [0.2, 0.25) is 0 Å². The van der Waals surface area contributed by atoms with E-state index in [4.69, 9.17) is 19.9 Å². The molecule has 2 unspecified atom stereocenters. The Morgan fingerprint density at radius 1 is 1.17 bits per heavy atom. The number of hydrogen-bond donors (Lipinski definition) is 1. The Kier molecular flexibility index (Phi) is 8.54. The van der Waals surface area contributed by atoms with E-state index in [0.29, 0.717) is 38.4 Å². The monoisotopic (exact) mass is 260 g/mol. The minimum atomic E-state index is 0.310. The minimum Gasteiger partial charge on any atom is -0.382 e. The summed E-state index contributed by atoms with van der Waals surface area (Å²) >= 11 is 0. The van der Waals surface area contributed by atoms with Gasteiger partial charge in [0.15, 0.2) is 0 Å². The molecule has 1 aliphatic heterocycles. The zero-order valence-corrected chi connectivity index (χ0v) is 11.8. The van der Waals surface area contributed by atoms with Gasteiger partial charge in [0, 0.05) is 26.2 Å². The first-order chi connectivity index (χ1) is 8.74. The van der Waals surface area contributed by atoms with E-state index in [1.807, 2.05) is 0 Å². The van der Waals surface area contributed by atoms with Gasteiger partial charge in [-0.3, -0.25) is 0 Å². The lowest BCUT2D eigenvalue weighted by atomic mass is 10.0. The van der Waals surface area contributed by atoms with Crippen LogP contribution in [0.5, 0.6) is 0 Å². The van der Waals surface area contributed by atoms with Gasteiger partial charge in [-0.1, -0.05) is 0 Å². The third-order valence-corrected chi connectivity index (χ3v) is 3.41. The molecule has 0 aliphatic carbocycles. The van der Waals surface area contributed by atoms with E-state index in [0.717, 1.165) is 26.2 Å². The third kappa shape index (κ3) is 6.66. The van der Waals surface area contributed by atoms with Gasteiger partial charge in [0.25, 0.3) is 0 Å². The van der Waals surface area contributed by atoms with Crippen LogP contribution < -0.4 is 5.73 Å². The van der Waals surface area contributed by atoms with Crippen molar-refractivity contribution in [2.75, 3.05) is 59.8 Å². The molecule has 1 aliphatic rings. The second-order valence-corrected chi connectivity index (χ2v) is 4.93. The Hall–Kier alpha value is -0.200. The summed E-state index contributed by atoms with van der Waals surface area (Å²) in [6.07, 6.45) is 1.22. The van der Waals surface area contributed by atoms with Gasteiger partial charge in [-0.2, -0.15) is 0 Å². The zero-order valence-electron chi connectivity index (χ0n) is 11.8. The van der Waals surface area contributed by atoms with E-state index in [2.05, 4.69) is 11.8 Å². The van der Waals surface area contributed by atoms with Crippen molar-refractivity contribution in [2.24, 2.45) is 11.7 Å². The van der Waals surface area contributed by atoms with Crippen molar-refractivity contribution < 1.29 is 14.2 Å². The molecule has 18 heavy (non-hydrogen) atoms. The highest BCUT2D eigenvalue weighted by atomic mass is 16.5. The molecule has 0 amide bonds. The number of nitrogens with zero attached hydrogens (tertiary/aromatic N) is 1. The van der Waals surface area contributed by atoms with Crippen LogP contribution in [-0.2, 0) is 14.2 Å². The SMILES string of the molecule is COCCOCCOCCN1CCC(C(C)N)C1. The molecule has 0 aromatic carbocycles. The zero-order chi connectivity index (χ0) is 13.2. The maximum atomic E-state index is 5.91. The van der Waals surface area contributed by atoms with Crippen molar-refractivity contribution in [1.82, 2.24) is 4.90 Å². The quantitative estimate of drug-likeness (QED) is 0.574. The molecule has 5 nitrogen and oxygen atoms in total. The lowest BCUT2D eigenvalue weighted by molar-refractivity contribution is 0.0205. The molecule has 0 saturated carbocycles. The van der Waals surface area contributed by atoms with Crippen LogP contribution in [-0.4, -0.2) is 70.7 Å². The molecule has 2 N–H and O–H groups in total. The number of rotatable bonds is 10. The Bertz CT molecular complexity index is 203. The van der Waals surface area contributed by atoms with Gasteiger partial charge >= 0.3 is 0 Å². The summed E-state index contributed by atoms with van der Waals surface area (Å²) in [5.74, 6) is 0.655. The van der Waals surface area contributed by atoms with Crippen molar-refractivity contribution in [2.45, 2.75) is 19.4 Å². The van der Waals surface area contributed by atoms with Crippen molar-refractivity contribution >= 4 is 0 Å². The predicted octanol–water partition coefficient (Wildman–Crippen LogP) is 0.335. The van der Waals surface area contributed by atoms with Crippen molar-refractivity contribution in [1.29, 1.82) is 0 Å². The molecule has 0 bridgehead atoms. The van der Waals surface area contributed by atoms with Crippen LogP contribution in [0.4, 0.5) is 0 Å². The minimum absolute atomic E-state index is 0.310. The van der Waals surface area contributed by atoms with E-state index in [-0.39, 0.29) is 0 Å². The van der Waals surface area contributed by atoms with E-state index in [1.54, 1.807) is 7.11 Å². The van der Waals surface area contributed by atoms with E-state index < -0.39 is 0 Å². The summed E-state index contributed by atoms with van der Waals surface area (Å²) in [5.41, 5.74) is 5.91. The van der Waals surface area contributed by atoms with Gasteiger partial charge in [0.1, 0.15) is 0 Å². The lowest BCUT2D eigenvalue weighted by Crippen LogP contribution is -2.31. The maximum Gasteiger partial charge on any atom is 0.0701 e. The van der Waals surface area contributed by atoms with Crippen LogP contribution in [0.25, 0.3) is 0 Å². The first kappa shape index (κ1) is 15.9. The molecule has 108 valence electrons. The first-order valence-electron chi connectivity index (χ1n) is 6.86. The molecule has 0 aromatic heterocycles. The Labute approximate surface area is 111 Å². The molecule has 2 atom stereocenters. The lowest BCUT2D eigenvalue weighted by Gasteiger charge is -2.17. The second kappa shape index (κ2) is 9.69. The highest BCUT2D eigenvalue weighted by molar-refractivity contribution is 4.80. The number of nitrogens with two attached hydrogens (primary N) is 1. The van der Waals surface area contributed by atoms with Crippen molar-refractivity contribution in [3.8, 4) is 0 Å². The average molecular weight is 260 g/mol. The number of ether oxygens (including phenoxy) is 3. The van der Waals surface area contributed by atoms with Crippen molar-refractivity contribution in [3.63, 3.8) is 0 Å². The fourth-order valence-electron chi connectivity index (χ4n) is 2.15. The molecule has 0 radical (unpaired) electrons. The van der Waals surface area contributed by atoms with Gasteiger partial charge in [-0.15, -0.1) is 0 Å². The first-order valence-corrected chi connectivity index (χ1v) is 6.86. The fraction of sp³-hybridized carbons (Fsp3) is 1.00. The van der Waals surface area contributed by atoms with Crippen LogP contribution >= 0.6 is 0 Å². The molecule has 0 spiro atoms. The highest BCUT2D eigenvalue weighted by Crippen LogP contribution is 2.17. The second-order valence-electron chi connectivity index (χ2n) is 4.93. The fourth-order valence-corrected chi connectivity index (χ4v) is 2.15. The molecular formula is C13H28N2O3. The molecular weight excluding hydrogens is 232 g/mol. The Morgan fingerprint density at radius 3 is 2.44 bits per heavy atom. The van der Waals surface area contributed by atoms with Crippen LogP contribution in [0.1, 0.15) is 13.3 Å². The summed E-state index contributed by atoms with van der Waals surface area (Å²) < 4.78 is 15.7. The van der Waals surface area contributed by atoms with Crippen LogP contribution in [0, 0.1) is 5.92 Å². The summed E-state index contributed by atoms with van der Waals surface area (Å²) in [6, 6.07) is 0.310. The van der Waals surface area contributed by atoms with E-state index in [1.165, 1.54) is 6.42 Å². The summed E-state index contributed by atoms with van der Waals surface area (Å²) in [7, 11) is 1.67. The Balaban J connectivity index is 1.87. The van der Waals surface area contributed by atoms with Gasteiger partial charge in [0.05, 0.1) is 33.0 Å². The normalized spacial score (nSPS) is 22.5. The topological polar surface area (TPSA) is 57.0 Å². The summed E-state index contributed by atoms with van der Waals surface area (Å²) in [5, 5.41) is 0. The number of likely N-dealkylation sites (tertiary alicyclic amines) is 1. The van der Waals surface area contributed by atoms with Gasteiger partial charge < -0.3 is 24.8 Å². The smallest absolute Gasteiger partial charge is 0.0701 e. The number of methoxy groups -OCH3 is 1. The van der Waals surface area contributed by atoms with Crippen LogP contribution in [0.15, 0.2) is 0 Å². The summed E-state index contributed by atoms with van der Waals surface area (Å²) in [4.78, 5) is 2.43. The summed E-state index contributed by atoms with van der Waals surface area (Å²) in [6.45, 7) is 8.74. The highest BCUT2D eigenvalue weighted by Gasteiger charge is 2.24. The van der Waals surface area contributed by atoms with Crippen LogP contribution in [0.3, 0.4) is 0 Å². The van der Waals surface area contributed by atoms with E-state index >= 15 is 0 Å². The predicted molar refractivity (Wildman–Crippen MR) is 71.7 cm³/mol. The van der Waals surface area contributed by atoms with Gasteiger partial charge in [-0.25, -0.2) is 0 Å². The van der Waals surface area contributed by atoms with Crippen molar-refractivity contribution in [3.05, 3.63) is 0 Å². The molecule has 1 fully saturated rings. The maximum absolute atomic E-state index is 5.91. The van der Waals surface area contributed by atoms with Gasteiger partial charge in [-0.05, 0) is 25.8 Å². The van der Waals surface area contributed by atoms with E-state index in [9.17, 15) is 0 Å². The molecule has 1 saturated heterocycles. The molecule has 1 rings (SSSR count). The Morgan fingerprint density at radius 2 is 1.83 bits per heavy atom. The molecule has 0 aromatic rings. The average Bonchev–Trinajstić information content (AvgIpc) is 2.81. The standard InChI is InChI=1S/C13H28N2O3/c1-12(14)13-3-4-15(11-13)5-6-17-9-10-18-8-7-16-2/h12-13H,3-11,14H2,1-2H3.